The van der Waals surface area contributed by atoms with Crippen molar-refractivity contribution in [2.24, 2.45) is 0 Å². The van der Waals surface area contributed by atoms with E-state index in [1.807, 2.05) is 0 Å². The van der Waals surface area contributed by atoms with Gasteiger partial charge in [0.1, 0.15) is 0 Å². The molecular formula is C16H26N2O. The van der Waals surface area contributed by atoms with E-state index in [2.05, 4.69) is 34.5 Å². The zero-order chi connectivity index (χ0) is 13.3. The summed E-state index contributed by atoms with van der Waals surface area (Å²) in [6.07, 6.45) is 7.11. The fourth-order valence-electron chi connectivity index (χ4n) is 2.67. The molecule has 0 radical (unpaired) electrons. The number of aliphatic hydroxyl groups excluding tert-OH is 1. The minimum Gasteiger partial charge on any atom is -0.396 e. The molecule has 0 amide bonds. The van der Waals surface area contributed by atoms with Crippen molar-refractivity contribution < 1.29 is 5.11 Å². The van der Waals surface area contributed by atoms with Crippen LogP contribution in [0.4, 0.5) is 11.4 Å². The Morgan fingerprint density at radius 3 is 2.58 bits per heavy atom. The minimum absolute atomic E-state index is 0.310. The van der Waals surface area contributed by atoms with Crippen LogP contribution in [0.2, 0.25) is 0 Å². The first-order valence-electron chi connectivity index (χ1n) is 7.60. The Balaban J connectivity index is 1.88. The molecule has 1 aromatic rings. The number of rotatable bonds is 7. The molecule has 0 aliphatic carbocycles. The van der Waals surface area contributed by atoms with Gasteiger partial charge < -0.3 is 15.3 Å². The number of benzene rings is 1. The van der Waals surface area contributed by atoms with Gasteiger partial charge in [0.05, 0.1) is 11.4 Å². The van der Waals surface area contributed by atoms with E-state index in [9.17, 15) is 0 Å². The third-order valence-electron chi connectivity index (χ3n) is 3.75. The quantitative estimate of drug-likeness (QED) is 0.740. The first kappa shape index (κ1) is 14.2. The van der Waals surface area contributed by atoms with E-state index >= 15 is 0 Å². The lowest BCUT2D eigenvalue weighted by molar-refractivity contribution is 0.283. The summed E-state index contributed by atoms with van der Waals surface area (Å²) in [6.45, 7) is 3.67. The summed E-state index contributed by atoms with van der Waals surface area (Å²) >= 11 is 0. The molecule has 0 atom stereocenters. The number of anilines is 2. The molecule has 1 aliphatic rings. The van der Waals surface area contributed by atoms with Gasteiger partial charge in [0, 0.05) is 26.2 Å². The lowest BCUT2D eigenvalue weighted by atomic mass is 10.1. The fraction of sp³-hybridized carbons (Fsp3) is 0.625. The average molecular weight is 262 g/mol. The van der Waals surface area contributed by atoms with E-state index in [4.69, 9.17) is 5.11 Å². The highest BCUT2D eigenvalue weighted by molar-refractivity contribution is 5.70. The monoisotopic (exact) mass is 262 g/mol. The topological polar surface area (TPSA) is 35.5 Å². The first-order valence-corrected chi connectivity index (χ1v) is 7.60. The van der Waals surface area contributed by atoms with Crippen LogP contribution >= 0.6 is 0 Å². The molecule has 3 heteroatoms. The SMILES string of the molecule is OCCCCCNc1ccccc1N1CCCCC1. The van der Waals surface area contributed by atoms with Crippen molar-refractivity contribution in [2.75, 3.05) is 36.5 Å². The average Bonchev–Trinajstić information content (AvgIpc) is 2.48. The summed E-state index contributed by atoms with van der Waals surface area (Å²) in [6, 6.07) is 8.63. The molecule has 0 unspecified atom stereocenters. The van der Waals surface area contributed by atoms with Gasteiger partial charge in [-0.15, -0.1) is 0 Å². The molecule has 1 aliphatic heterocycles. The smallest absolute Gasteiger partial charge is 0.0602 e. The third kappa shape index (κ3) is 4.43. The normalized spacial score (nSPS) is 15.5. The zero-order valence-electron chi connectivity index (χ0n) is 11.8. The van der Waals surface area contributed by atoms with Crippen LogP contribution in [0.15, 0.2) is 24.3 Å². The van der Waals surface area contributed by atoms with Crippen molar-refractivity contribution >= 4 is 11.4 Å². The molecule has 1 fully saturated rings. The Morgan fingerprint density at radius 2 is 1.79 bits per heavy atom. The molecule has 2 N–H and O–H groups in total. The molecule has 0 bridgehead atoms. The fourth-order valence-corrected chi connectivity index (χ4v) is 2.67. The highest BCUT2D eigenvalue weighted by atomic mass is 16.2. The lowest BCUT2D eigenvalue weighted by Crippen LogP contribution is -2.30. The molecule has 0 spiro atoms. The van der Waals surface area contributed by atoms with Crippen molar-refractivity contribution in [1.29, 1.82) is 0 Å². The largest absolute Gasteiger partial charge is 0.396 e. The highest BCUT2D eigenvalue weighted by Crippen LogP contribution is 2.28. The van der Waals surface area contributed by atoms with Gasteiger partial charge in [-0.1, -0.05) is 12.1 Å². The summed E-state index contributed by atoms with van der Waals surface area (Å²) in [5, 5.41) is 12.3. The van der Waals surface area contributed by atoms with E-state index in [0.717, 1.165) is 25.8 Å². The molecule has 1 aromatic carbocycles. The molecule has 0 saturated carbocycles. The van der Waals surface area contributed by atoms with Gasteiger partial charge in [0.2, 0.25) is 0 Å². The molecule has 106 valence electrons. The highest BCUT2D eigenvalue weighted by Gasteiger charge is 2.13. The summed E-state index contributed by atoms with van der Waals surface area (Å²) in [5.41, 5.74) is 2.61. The third-order valence-corrected chi connectivity index (χ3v) is 3.75. The summed E-state index contributed by atoms with van der Waals surface area (Å²) in [7, 11) is 0. The van der Waals surface area contributed by atoms with Crippen LogP contribution in [0, 0.1) is 0 Å². The number of nitrogens with zero attached hydrogens (tertiary/aromatic N) is 1. The van der Waals surface area contributed by atoms with E-state index < -0.39 is 0 Å². The summed E-state index contributed by atoms with van der Waals surface area (Å²) < 4.78 is 0. The van der Waals surface area contributed by atoms with Gasteiger partial charge in [-0.05, 0) is 50.7 Å². The number of hydrogen-bond donors (Lipinski definition) is 2. The second-order valence-electron chi connectivity index (χ2n) is 5.28. The van der Waals surface area contributed by atoms with Gasteiger partial charge in [-0.25, -0.2) is 0 Å². The van der Waals surface area contributed by atoms with Crippen LogP contribution in [0.25, 0.3) is 0 Å². The van der Waals surface area contributed by atoms with Crippen LogP contribution in [0.1, 0.15) is 38.5 Å². The van der Waals surface area contributed by atoms with Crippen LogP contribution in [-0.4, -0.2) is 31.3 Å². The van der Waals surface area contributed by atoms with Crippen molar-refractivity contribution in [2.45, 2.75) is 38.5 Å². The minimum atomic E-state index is 0.310. The van der Waals surface area contributed by atoms with Gasteiger partial charge >= 0.3 is 0 Å². The van der Waals surface area contributed by atoms with Gasteiger partial charge in [-0.3, -0.25) is 0 Å². The number of piperidine rings is 1. The number of nitrogens with one attached hydrogen (secondary N) is 1. The van der Waals surface area contributed by atoms with Crippen molar-refractivity contribution in [3.05, 3.63) is 24.3 Å². The standard InChI is InChI=1S/C16H26N2O/c19-14-8-1-5-11-17-15-9-3-4-10-16(15)18-12-6-2-7-13-18/h3-4,9-10,17,19H,1-2,5-8,11-14H2. The van der Waals surface area contributed by atoms with E-state index in [0.29, 0.717) is 6.61 Å². The van der Waals surface area contributed by atoms with Crippen LogP contribution in [0.3, 0.4) is 0 Å². The van der Waals surface area contributed by atoms with Crippen molar-refractivity contribution in [1.82, 2.24) is 0 Å². The van der Waals surface area contributed by atoms with Crippen LogP contribution < -0.4 is 10.2 Å². The maximum absolute atomic E-state index is 8.77. The molecule has 1 heterocycles. The summed E-state index contributed by atoms with van der Waals surface area (Å²) in [4.78, 5) is 2.50. The van der Waals surface area contributed by atoms with Gasteiger partial charge in [-0.2, -0.15) is 0 Å². The second-order valence-corrected chi connectivity index (χ2v) is 5.28. The van der Waals surface area contributed by atoms with Crippen molar-refractivity contribution in [3.63, 3.8) is 0 Å². The number of unbranched alkanes of at least 4 members (excludes halogenated alkanes) is 2. The second kappa shape index (κ2) is 8.05. The molecule has 0 aromatic heterocycles. The predicted octanol–water partition coefficient (Wildman–Crippen LogP) is 3.25. The van der Waals surface area contributed by atoms with E-state index in [1.54, 1.807) is 0 Å². The zero-order valence-corrected chi connectivity index (χ0v) is 11.8. The van der Waals surface area contributed by atoms with Gasteiger partial charge in [0.25, 0.3) is 0 Å². The summed E-state index contributed by atoms with van der Waals surface area (Å²) in [5.74, 6) is 0. The first-order chi connectivity index (χ1) is 9.42. The lowest BCUT2D eigenvalue weighted by Gasteiger charge is -2.30. The van der Waals surface area contributed by atoms with E-state index in [1.165, 1.54) is 43.7 Å². The Bertz CT molecular complexity index is 362. The molecule has 1 saturated heterocycles. The number of para-hydroxylation sites is 2. The Hall–Kier alpha value is -1.22. The predicted molar refractivity (Wildman–Crippen MR) is 81.9 cm³/mol. The maximum atomic E-state index is 8.77. The maximum Gasteiger partial charge on any atom is 0.0602 e. The molecule has 2 rings (SSSR count). The van der Waals surface area contributed by atoms with Crippen LogP contribution in [-0.2, 0) is 0 Å². The molecule has 19 heavy (non-hydrogen) atoms. The number of aliphatic hydroxyl groups is 1. The Labute approximate surface area is 116 Å². The van der Waals surface area contributed by atoms with Crippen molar-refractivity contribution in [3.8, 4) is 0 Å². The Kier molecular flexibility index (Phi) is 6.02. The Morgan fingerprint density at radius 1 is 1.00 bits per heavy atom. The molecular weight excluding hydrogens is 236 g/mol. The van der Waals surface area contributed by atoms with Gasteiger partial charge in [0.15, 0.2) is 0 Å². The number of hydrogen-bond acceptors (Lipinski definition) is 3. The van der Waals surface area contributed by atoms with Crippen LogP contribution in [0.5, 0.6) is 0 Å². The molecule has 3 nitrogen and oxygen atoms in total. The van der Waals surface area contributed by atoms with E-state index in [-0.39, 0.29) is 0 Å².